The molecule has 100 valence electrons. The van der Waals surface area contributed by atoms with Crippen molar-refractivity contribution >= 4 is 23.2 Å². The Labute approximate surface area is 116 Å². The predicted molar refractivity (Wildman–Crippen MR) is 74.1 cm³/mol. The van der Waals surface area contributed by atoms with E-state index in [1.54, 1.807) is 12.1 Å². The van der Waals surface area contributed by atoms with Crippen LogP contribution in [0.25, 0.3) is 0 Å². The third kappa shape index (κ3) is 3.62. The molecule has 4 nitrogen and oxygen atoms in total. The van der Waals surface area contributed by atoms with Gasteiger partial charge in [0.1, 0.15) is 5.82 Å². The van der Waals surface area contributed by atoms with Crippen LogP contribution in [0.3, 0.4) is 0 Å². The average molecular weight is 281 g/mol. The van der Waals surface area contributed by atoms with Crippen LogP contribution in [-0.4, -0.2) is 23.1 Å². The van der Waals surface area contributed by atoms with Gasteiger partial charge in [0.05, 0.1) is 17.4 Å². The number of anilines is 2. The van der Waals surface area contributed by atoms with Crippen molar-refractivity contribution in [2.24, 2.45) is 5.73 Å². The number of hydrogen-bond acceptors (Lipinski definition) is 4. The second-order valence-corrected chi connectivity index (χ2v) is 4.41. The minimum absolute atomic E-state index is 0.278. The van der Waals surface area contributed by atoms with Gasteiger partial charge in [-0.2, -0.15) is 0 Å². The van der Waals surface area contributed by atoms with Gasteiger partial charge in [0.2, 0.25) is 5.95 Å². The summed E-state index contributed by atoms with van der Waals surface area (Å²) in [4.78, 5) is 10.2. The van der Waals surface area contributed by atoms with Crippen molar-refractivity contribution in [3.8, 4) is 0 Å². The summed E-state index contributed by atoms with van der Waals surface area (Å²) < 4.78 is 13.0. The maximum Gasteiger partial charge on any atom is 0.229 e. The molecule has 0 aliphatic heterocycles. The van der Waals surface area contributed by atoms with Crippen LogP contribution in [-0.2, 0) is 0 Å². The molecule has 0 aliphatic carbocycles. The minimum Gasteiger partial charge on any atom is -0.330 e. The summed E-state index contributed by atoms with van der Waals surface area (Å²) in [5.74, 6) is 0.240. The van der Waals surface area contributed by atoms with E-state index in [-0.39, 0.29) is 5.82 Å². The van der Waals surface area contributed by atoms with Gasteiger partial charge in [-0.25, -0.2) is 14.4 Å². The van der Waals surface area contributed by atoms with E-state index in [9.17, 15) is 4.39 Å². The van der Waals surface area contributed by atoms with Gasteiger partial charge in [0, 0.05) is 12.2 Å². The van der Waals surface area contributed by atoms with E-state index in [0.29, 0.717) is 24.1 Å². The summed E-state index contributed by atoms with van der Waals surface area (Å²) in [5.41, 5.74) is 6.35. The van der Waals surface area contributed by atoms with Crippen LogP contribution in [0.5, 0.6) is 0 Å². The SMILES string of the molecule is NCCCN(c1ccc(F)cc1)c1ncc(Cl)cn1. The normalized spacial score (nSPS) is 10.5. The van der Waals surface area contributed by atoms with Crippen LogP contribution >= 0.6 is 11.6 Å². The Morgan fingerprint density at radius 2 is 1.79 bits per heavy atom. The van der Waals surface area contributed by atoms with E-state index in [2.05, 4.69) is 9.97 Å². The first-order valence-corrected chi connectivity index (χ1v) is 6.29. The molecule has 0 aliphatic rings. The van der Waals surface area contributed by atoms with Crippen LogP contribution in [0.4, 0.5) is 16.0 Å². The molecule has 0 saturated carbocycles. The first kappa shape index (κ1) is 13.7. The summed E-state index contributed by atoms with van der Waals surface area (Å²) in [6.45, 7) is 1.22. The number of rotatable bonds is 5. The van der Waals surface area contributed by atoms with Gasteiger partial charge in [-0.15, -0.1) is 0 Å². The molecule has 0 bridgehead atoms. The molecule has 1 heterocycles. The maximum absolute atomic E-state index is 13.0. The van der Waals surface area contributed by atoms with Crippen LogP contribution in [0, 0.1) is 5.82 Å². The Balaban J connectivity index is 2.29. The third-order valence-corrected chi connectivity index (χ3v) is 2.77. The molecule has 2 N–H and O–H groups in total. The summed E-state index contributed by atoms with van der Waals surface area (Å²) in [6.07, 6.45) is 3.84. The van der Waals surface area contributed by atoms with Crippen LogP contribution in [0.15, 0.2) is 36.7 Å². The van der Waals surface area contributed by atoms with E-state index in [4.69, 9.17) is 17.3 Å². The molecule has 0 saturated heterocycles. The first-order valence-electron chi connectivity index (χ1n) is 5.91. The summed E-state index contributed by atoms with van der Waals surface area (Å²) in [7, 11) is 0. The number of halogens is 2. The highest BCUT2D eigenvalue weighted by molar-refractivity contribution is 6.30. The van der Waals surface area contributed by atoms with Gasteiger partial charge in [-0.05, 0) is 37.2 Å². The highest BCUT2D eigenvalue weighted by Crippen LogP contribution is 2.22. The van der Waals surface area contributed by atoms with Crippen molar-refractivity contribution in [2.45, 2.75) is 6.42 Å². The predicted octanol–water partition coefficient (Wildman–Crippen LogP) is 2.76. The van der Waals surface area contributed by atoms with Crippen molar-refractivity contribution in [1.29, 1.82) is 0 Å². The molecular weight excluding hydrogens is 267 g/mol. The molecule has 1 aromatic heterocycles. The third-order valence-electron chi connectivity index (χ3n) is 2.57. The molecule has 0 spiro atoms. The average Bonchev–Trinajstić information content (AvgIpc) is 2.43. The molecule has 2 aromatic rings. The van der Waals surface area contributed by atoms with Crippen molar-refractivity contribution in [2.75, 3.05) is 18.0 Å². The number of hydrogen-bond donors (Lipinski definition) is 1. The van der Waals surface area contributed by atoms with Crippen LogP contribution in [0.2, 0.25) is 5.02 Å². The van der Waals surface area contributed by atoms with Crippen molar-refractivity contribution < 1.29 is 4.39 Å². The lowest BCUT2D eigenvalue weighted by atomic mass is 10.2. The van der Waals surface area contributed by atoms with Crippen molar-refractivity contribution in [3.05, 3.63) is 47.5 Å². The molecule has 6 heteroatoms. The Bertz CT molecular complexity index is 470. The lowest BCUT2D eigenvalue weighted by Gasteiger charge is -2.22. The van der Waals surface area contributed by atoms with Gasteiger partial charge < -0.3 is 10.6 Å². The van der Waals surface area contributed by atoms with Crippen molar-refractivity contribution in [3.63, 3.8) is 0 Å². The number of benzene rings is 1. The quantitative estimate of drug-likeness (QED) is 0.915. The van der Waals surface area contributed by atoms with Gasteiger partial charge in [-0.1, -0.05) is 11.6 Å². The fourth-order valence-corrected chi connectivity index (χ4v) is 1.76. The highest BCUT2D eigenvalue weighted by Gasteiger charge is 2.11. The maximum atomic E-state index is 13.0. The molecule has 0 atom stereocenters. The van der Waals surface area contributed by atoms with Gasteiger partial charge in [0.25, 0.3) is 0 Å². The van der Waals surface area contributed by atoms with Gasteiger partial charge in [0.15, 0.2) is 0 Å². The Hall–Kier alpha value is -1.72. The molecular formula is C13H14ClFN4. The molecule has 0 amide bonds. The van der Waals surface area contributed by atoms with Gasteiger partial charge in [-0.3, -0.25) is 0 Å². The largest absolute Gasteiger partial charge is 0.330 e. The molecule has 0 unspecified atom stereocenters. The zero-order chi connectivity index (χ0) is 13.7. The summed E-state index contributed by atoms with van der Waals surface area (Å²) in [5, 5.41) is 0.474. The smallest absolute Gasteiger partial charge is 0.229 e. The molecule has 0 fully saturated rings. The van der Waals surface area contributed by atoms with E-state index < -0.39 is 0 Å². The zero-order valence-electron chi connectivity index (χ0n) is 10.3. The number of aromatic nitrogens is 2. The standard InChI is InChI=1S/C13H14ClFN4/c14-10-8-17-13(18-9-10)19(7-1-6-16)12-4-2-11(15)3-5-12/h2-5,8-9H,1,6-7,16H2. The van der Waals surface area contributed by atoms with Gasteiger partial charge >= 0.3 is 0 Å². The highest BCUT2D eigenvalue weighted by atomic mass is 35.5. The molecule has 19 heavy (non-hydrogen) atoms. The summed E-state index contributed by atoms with van der Waals surface area (Å²) >= 11 is 5.77. The van der Waals surface area contributed by atoms with Crippen LogP contribution < -0.4 is 10.6 Å². The minimum atomic E-state index is -0.278. The van der Waals surface area contributed by atoms with E-state index >= 15 is 0 Å². The fourth-order valence-electron chi connectivity index (χ4n) is 1.66. The second kappa shape index (κ2) is 6.45. The summed E-state index contributed by atoms with van der Waals surface area (Å²) in [6, 6.07) is 6.18. The topological polar surface area (TPSA) is 55.0 Å². The number of nitrogens with two attached hydrogens (primary N) is 1. The second-order valence-electron chi connectivity index (χ2n) is 3.97. The lowest BCUT2D eigenvalue weighted by Crippen LogP contribution is -2.22. The first-order chi connectivity index (χ1) is 9.20. The Morgan fingerprint density at radius 3 is 2.37 bits per heavy atom. The van der Waals surface area contributed by atoms with E-state index in [1.807, 2.05) is 4.90 Å². The number of nitrogens with zero attached hydrogens (tertiary/aromatic N) is 3. The molecule has 1 aromatic carbocycles. The lowest BCUT2D eigenvalue weighted by molar-refractivity contribution is 0.627. The van der Waals surface area contributed by atoms with E-state index in [0.717, 1.165) is 12.1 Å². The molecule has 0 radical (unpaired) electrons. The Kier molecular flexibility index (Phi) is 4.65. The van der Waals surface area contributed by atoms with E-state index in [1.165, 1.54) is 24.5 Å². The zero-order valence-corrected chi connectivity index (χ0v) is 11.0. The van der Waals surface area contributed by atoms with Crippen LogP contribution in [0.1, 0.15) is 6.42 Å². The fraction of sp³-hybridized carbons (Fsp3) is 0.231. The Morgan fingerprint density at radius 1 is 1.16 bits per heavy atom. The van der Waals surface area contributed by atoms with Crippen molar-refractivity contribution in [1.82, 2.24) is 9.97 Å². The molecule has 2 rings (SSSR count). The monoisotopic (exact) mass is 280 g/mol.